The van der Waals surface area contributed by atoms with Crippen molar-refractivity contribution in [2.75, 3.05) is 20.8 Å². The van der Waals surface area contributed by atoms with Crippen LogP contribution < -0.4 is 20.1 Å². The first-order valence-electron chi connectivity index (χ1n) is 7.44. The molecule has 2 amide bonds. The molecule has 3 N–H and O–H groups in total. The third-order valence-corrected chi connectivity index (χ3v) is 3.43. The Kier molecular flexibility index (Phi) is 6.39. The highest BCUT2D eigenvalue weighted by atomic mass is 16.5. The number of nitrogens with one attached hydrogen (secondary N) is 2. The zero-order valence-electron chi connectivity index (χ0n) is 13.7. The van der Waals surface area contributed by atoms with Crippen molar-refractivity contribution in [2.45, 2.75) is 12.6 Å². The first-order valence-corrected chi connectivity index (χ1v) is 7.44. The van der Waals surface area contributed by atoms with Gasteiger partial charge in [0.1, 0.15) is 17.6 Å². The van der Waals surface area contributed by atoms with Gasteiger partial charge in [0.05, 0.1) is 14.2 Å². The number of hydrogen-bond donors (Lipinski definition) is 3. The number of nitrogens with zero attached hydrogens (tertiary/aromatic N) is 1. The minimum absolute atomic E-state index is 0.0440. The topological polar surface area (TPSA) is 92.7 Å². The van der Waals surface area contributed by atoms with E-state index in [4.69, 9.17) is 9.47 Å². The number of aliphatic hydroxyl groups excluding tert-OH is 1. The number of methoxy groups -OCH3 is 2. The van der Waals surface area contributed by atoms with Gasteiger partial charge in [-0.05, 0) is 29.8 Å². The van der Waals surface area contributed by atoms with Crippen LogP contribution >= 0.6 is 0 Å². The minimum Gasteiger partial charge on any atom is -0.497 e. The molecule has 2 rings (SSSR count). The molecule has 1 aromatic carbocycles. The van der Waals surface area contributed by atoms with Crippen molar-refractivity contribution in [1.82, 2.24) is 15.6 Å². The molecule has 1 heterocycles. The molecule has 24 heavy (non-hydrogen) atoms. The molecule has 0 aliphatic heterocycles. The van der Waals surface area contributed by atoms with E-state index in [2.05, 4.69) is 15.6 Å². The first kappa shape index (κ1) is 17.6. The Morgan fingerprint density at radius 3 is 2.75 bits per heavy atom. The van der Waals surface area contributed by atoms with Gasteiger partial charge in [-0.25, -0.2) is 4.79 Å². The van der Waals surface area contributed by atoms with E-state index >= 15 is 0 Å². The van der Waals surface area contributed by atoms with Gasteiger partial charge in [-0.3, -0.25) is 4.98 Å². The van der Waals surface area contributed by atoms with Gasteiger partial charge >= 0.3 is 6.03 Å². The number of rotatable bonds is 7. The first-order chi connectivity index (χ1) is 11.6. The highest BCUT2D eigenvalue weighted by Crippen LogP contribution is 2.28. The lowest BCUT2D eigenvalue weighted by atomic mass is 10.1. The van der Waals surface area contributed by atoms with Crippen molar-refractivity contribution >= 4 is 6.03 Å². The molecule has 0 radical (unpaired) electrons. The molecule has 7 heteroatoms. The van der Waals surface area contributed by atoms with Crippen molar-refractivity contribution in [3.05, 3.63) is 53.9 Å². The summed E-state index contributed by atoms with van der Waals surface area (Å²) in [4.78, 5) is 15.8. The summed E-state index contributed by atoms with van der Waals surface area (Å²) in [6.07, 6.45) is 2.43. The van der Waals surface area contributed by atoms with Crippen LogP contribution in [0.25, 0.3) is 0 Å². The second-order valence-electron chi connectivity index (χ2n) is 5.05. The van der Waals surface area contributed by atoms with E-state index in [1.807, 2.05) is 6.07 Å². The lowest BCUT2D eigenvalue weighted by Gasteiger charge is -2.16. The van der Waals surface area contributed by atoms with Crippen LogP contribution in [-0.4, -0.2) is 36.9 Å². The zero-order valence-corrected chi connectivity index (χ0v) is 13.7. The van der Waals surface area contributed by atoms with Crippen molar-refractivity contribution in [1.29, 1.82) is 0 Å². The molecule has 1 aromatic heterocycles. The van der Waals surface area contributed by atoms with Gasteiger partial charge in [0, 0.05) is 31.0 Å². The summed E-state index contributed by atoms with van der Waals surface area (Å²) in [6.45, 7) is 0.403. The molecule has 1 atom stereocenters. The summed E-state index contributed by atoms with van der Waals surface area (Å²) in [5, 5.41) is 15.6. The lowest BCUT2D eigenvalue weighted by molar-refractivity contribution is 0.169. The Morgan fingerprint density at radius 2 is 2.08 bits per heavy atom. The van der Waals surface area contributed by atoms with Crippen molar-refractivity contribution in [3.63, 3.8) is 0 Å². The molecule has 0 unspecified atom stereocenters. The maximum atomic E-state index is 11.8. The molecule has 2 aromatic rings. The van der Waals surface area contributed by atoms with Crippen molar-refractivity contribution < 1.29 is 19.4 Å². The van der Waals surface area contributed by atoms with Gasteiger partial charge in [0.2, 0.25) is 0 Å². The maximum absolute atomic E-state index is 11.8. The molecule has 0 spiro atoms. The number of ether oxygens (including phenoxy) is 2. The molecule has 0 saturated heterocycles. The molecule has 128 valence electrons. The van der Waals surface area contributed by atoms with Gasteiger partial charge in [-0.2, -0.15) is 0 Å². The highest BCUT2D eigenvalue weighted by Gasteiger charge is 2.15. The summed E-state index contributed by atoms with van der Waals surface area (Å²) < 4.78 is 10.4. The average molecular weight is 331 g/mol. The molecular formula is C17H21N3O4. The third-order valence-electron chi connectivity index (χ3n) is 3.43. The van der Waals surface area contributed by atoms with Crippen molar-refractivity contribution in [3.8, 4) is 11.5 Å². The number of amides is 2. The van der Waals surface area contributed by atoms with Gasteiger partial charge < -0.3 is 25.2 Å². The van der Waals surface area contributed by atoms with Crippen LogP contribution in [0.5, 0.6) is 11.5 Å². The molecule has 0 saturated carbocycles. The summed E-state index contributed by atoms with van der Waals surface area (Å²) >= 11 is 0. The van der Waals surface area contributed by atoms with Crippen LogP contribution in [0.1, 0.15) is 17.2 Å². The zero-order chi connectivity index (χ0) is 17.4. The van der Waals surface area contributed by atoms with E-state index in [1.54, 1.807) is 43.8 Å². The van der Waals surface area contributed by atoms with Crippen LogP contribution in [0.2, 0.25) is 0 Å². The van der Waals surface area contributed by atoms with Gasteiger partial charge in [-0.1, -0.05) is 6.07 Å². The number of benzene rings is 1. The van der Waals surface area contributed by atoms with E-state index in [1.165, 1.54) is 7.11 Å². The quantitative estimate of drug-likeness (QED) is 0.717. The van der Waals surface area contributed by atoms with Crippen LogP contribution in [-0.2, 0) is 6.54 Å². The van der Waals surface area contributed by atoms with Crippen molar-refractivity contribution in [2.24, 2.45) is 0 Å². The number of aromatic nitrogens is 1. The summed E-state index contributed by atoms with van der Waals surface area (Å²) in [5.41, 5.74) is 1.44. The largest absolute Gasteiger partial charge is 0.497 e. The van der Waals surface area contributed by atoms with Gasteiger partial charge in [0.25, 0.3) is 0 Å². The Hall–Kier alpha value is -2.80. The monoisotopic (exact) mass is 331 g/mol. The third kappa shape index (κ3) is 4.85. The molecule has 0 aliphatic carbocycles. The molecule has 0 bridgehead atoms. The number of urea groups is 1. The fourth-order valence-corrected chi connectivity index (χ4v) is 2.15. The van der Waals surface area contributed by atoms with Crippen LogP contribution in [0, 0.1) is 0 Å². The van der Waals surface area contributed by atoms with E-state index in [0.717, 1.165) is 5.56 Å². The van der Waals surface area contributed by atoms with E-state index in [9.17, 15) is 9.90 Å². The summed E-state index contributed by atoms with van der Waals surface area (Å²) in [7, 11) is 3.06. The summed E-state index contributed by atoms with van der Waals surface area (Å²) in [6, 6.07) is 8.42. The van der Waals surface area contributed by atoms with E-state index < -0.39 is 6.10 Å². The number of pyridine rings is 1. The summed E-state index contributed by atoms with van der Waals surface area (Å²) in [5.74, 6) is 1.13. The molecule has 0 aliphatic rings. The molecule has 7 nitrogen and oxygen atoms in total. The van der Waals surface area contributed by atoms with Gasteiger partial charge in [-0.15, -0.1) is 0 Å². The standard InChI is InChI=1S/C17H21N3O4/c1-23-13-5-6-16(24-2)14(8-13)15(21)11-20-17(22)19-10-12-4-3-7-18-9-12/h3-9,15,21H,10-11H2,1-2H3,(H2,19,20,22)/t15-/m1/s1. The average Bonchev–Trinajstić information content (AvgIpc) is 2.64. The lowest BCUT2D eigenvalue weighted by Crippen LogP contribution is -2.37. The SMILES string of the molecule is COc1ccc(OC)c([C@H](O)CNC(=O)NCc2cccnc2)c1. The normalized spacial score (nSPS) is 11.5. The Labute approximate surface area is 140 Å². The van der Waals surface area contributed by atoms with E-state index in [0.29, 0.717) is 23.6 Å². The number of carbonyl (C=O) groups excluding carboxylic acids is 1. The predicted octanol–water partition coefficient (Wildman–Crippen LogP) is 1.63. The second kappa shape index (κ2) is 8.73. The fraction of sp³-hybridized carbons (Fsp3) is 0.294. The van der Waals surface area contributed by atoms with Crippen LogP contribution in [0.3, 0.4) is 0 Å². The number of carbonyl (C=O) groups is 1. The fourth-order valence-electron chi connectivity index (χ4n) is 2.15. The molecular weight excluding hydrogens is 310 g/mol. The smallest absolute Gasteiger partial charge is 0.315 e. The predicted molar refractivity (Wildman–Crippen MR) is 89.0 cm³/mol. The Bertz CT molecular complexity index is 664. The highest BCUT2D eigenvalue weighted by molar-refractivity contribution is 5.73. The van der Waals surface area contributed by atoms with Crippen LogP contribution in [0.15, 0.2) is 42.7 Å². The van der Waals surface area contributed by atoms with Crippen LogP contribution in [0.4, 0.5) is 4.79 Å². The Morgan fingerprint density at radius 1 is 1.25 bits per heavy atom. The van der Waals surface area contributed by atoms with Gasteiger partial charge in [0.15, 0.2) is 0 Å². The molecule has 0 fully saturated rings. The minimum atomic E-state index is -0.917. The van der Waals surface area contributed by atoms with E-state index in [-0.39, 0.29) is 12.6 Å². The Balaban J connectivity index is 1.88. The maximum Gasteiger partial charge on any atom is 0.315 e. The number of aliphatic hydroxyl groups is 1. The number of hydrogen-bond acceptors (Lipinski definition) is 5. The second-order valence-corrected chi connectivity index (χ2v) is 5.05.